The van der Waals surface area contributed by atoms with Gasteiger partial charge in [-0.3, -0.25) is 4.79 Å². The van der Waals surface area contributed by atoms with Crippen LogP contribution in [0.4, 0.5) is 4.79 Å². The molecule has 2 fully saturated rings. The predicted octanol–water partition coefficient (Wildman–Crippen LogP) is 4.12. The molecule has 0 spiro atoms. The molecular formula is C26H33N3O3. The minimum Gasteiger partial charge on any atom is -0.497 e. The second-order valence-electron chi connectivity index (χ2n) is 9.01. The minimum absolute atomic E-state index is 0.0613. The molecule has 0 aliphatic heterocycles. The summed E-state index contributed by atoms with van der Waals surface area (Å²) in [5.74, 6) is 1.61. The molecule has 0 saturated heterocycles. The van der Waals surface area contributed by atoms with Gasteiger partial charge in [0, 0.05) is 24.5 Å². The second kappa shape index (κ2) is 10.5. The third-order valence-electron chi connectivity index (χ3n) is 6.80. The van der Waals surface area contributed by atoms with E-state index < -0.39 is 0 Å². The summed E-state index contributed by atoms with van der Waals surface area (Å²) in [6.45, 7) is 0.471. The van der Waals surface area contributed by atoms with Crippen molar-refractivity contribution in [1.82, 2.24) is 16.0 Å². The summed E-state index contributed by atoms with van der Waals surface area (Å²) in [6.07, 6.45) is 5.38. The van der Waals surface area contributed by atoms with Crippen LogP contribution in [0.5, 0.6) is 5.75 Å². The topological polar surface area (TPSA) is 79.5 Å². The maximum Gasteiger partial charge on any atom is 0.315 e. The van der Waals surface area contributed by atoms with E-state index in [0.717, 1.165) is 49.8 Å². The zero-order valence-corrected chi connectivity index (χ0v) is 18.7. The molecule has 3 N–H and O–H groups in total. The van der Waals surface area contributed by atoms with Crippen LogP contribution in [0.25, 0.3) is 0 Å². The van der Waals surface area contributed by atoms with Crippen LogP contribution >= 0.6 is 0 Å². The van der Waals surface area contributed by atoms with E-state index in [9.17, 15) is 9.59 Å². The van der Waals surface area contributed by atoms with E-state index in [4.69, 9.17) is 4.74 Å². The number of methoxy groups -OCH3 is 1. The van der Waals surface area contributed by atoms with Gasteiger partial charge in [-0.25, -0.2) is 4.79 Å². The van der Waals surface area contributed by atoms with Crippen molar-refractivity contribution in [2.45, 2.75) is 63.1 Å². The van der Waals surface area contributed by atoms with Crippen molar-refractivity contribution < 1.29 is 14.3 Å². The van der Waals surface area contributed by atoms with Crippen LogP contribution in [0.1, 0.15) is 55.6 Å². The Labute approximate surface area is 190 Å². The molecule has 0 bridgehead atoms. The maximum atomic E-state index is 12.7. The summed E-state index contributed by atoms with van der Waals surface area (Å²) < 4.78 is 5.15. The lowest BCUT2D eigenvalue weighted by molar-refractivity contribution is -0.127. The molecule has 4 rings (SSSR count). The Morgan fingerprint density at radius 1 is 0.875 bits per heavy atom. The van der Waals surface area contributed by atoms with Crippen LogP contribution in [-0.4, -0.2) is 31.1 Å². The summed E-state index contributed by atoms with van der Waals surface area (Å²) in [7, 11) is 1.63. The van der Waals surface area contributed by atoms with Crippen molar-refractivity contribution in [1.29, 1.82) is 0 Å². The van der Waals surface area contributed by atoms with Gasteiger partial charge in [-0.1, -0.05) is 42.5 Å². The Balaban J connectivity index is 1.12. The quantitative estimate of drug-likeness (QED) is 0.612. The highest BCUT2D eigenvalue weighted by Gasteiger charge is 2.34. The first-order valence-corrected chi connectivity index (χ1v) is 11.6. The Hall–Kier alpha value is -3.02. The number of ether oxygens (including phenoxy) is 1. The largest absolute Gasteiger partial charge is 0.497 e. The number of carbonyl (C=O) groups is 2. The molecular weight excluding hydrogens is 402 g/mol. The maximum absolute atomic E-state index is 12.7. The zero-order chi connectivity index (χ0) is 22.3. The lowest BCUT2D eigenvalue weighted by Crippen LogP contribution is -2.48. The first-order chi connectivity index (χ1) is 15.6. The Morgan fingerprint density at radius 2 is 1.56 bits per heavy atom. The molecule has 0 atom stereocenters. The molecule has 170 valence electrons. The number of carbonyl (C=O) groups excluding carboxylic acids is 2. The molecule has 2 saturated carbocycles. The fourth-order valence-corrected chi connectivity index (χ4v) is 4.71. The summed E-state index contributed by atoms with van der Waals surface area (Å²) in [6, 6.07) is 18.4. The molecule has 6 heteroatoms. The van der Waals surface area contributed by atoms with Gasteiger partial charge in [0.05, 0.1) is 7.11 Å². The van der Waals surface area contributed by atoms with Gasteiger partial charge in [-0.05, 0) is 67.7 Å². The molecule has 2 aliphatic carbocycles. The van der Waals surface area contributed by atoms with E-state index in [1.54, 1.807) is 7.11 Å². The third-order valence-corrected chi connectivity index (χ3v) is 6.80. The van der Waals surface area contributed by atoms with Crippen LogP contribution in [0, 0.1) is 5.92 Å². The fourth-order valence-electron chi connectivity index (χ4n) is 4.71. The monoisotopic (exact) mass is 435 g/mol. The molecule has 0 aromatic heterocycles. The normalized spacial score (nSPS) is 24.7. The fraction of sp³-hybridized carbons (Fsp3) is 0.462. The van der Waals surface area contributed by atoms with E-state index in [2.05, 4.69) is 40.2 Å². The van der Waals surface area contributed by atoms with Crippen molar-refractivity contribution in [3.63, 3.8) is 0 Å². The van der Waals surface area contributed by atoms with Crippen molar-refractivity contribution >= 4 is 11.9 Å². The van der Waals surface area contributed by atoms with Crippen molar-refractivity contribution in [3.05, 3.63) is 65.7 Å². The molecule has 2 aliphatic rings. The zero-order valence-electron chi connectivity index (χ0n) is 18.7. The second-order valence-corrected chi connectivity index (χ2v) is 9.01. The SMILES string of the molecule is COc1ccc(CNC(=O)NC2CCC(C(=O)N[C@H]3C[C@H](c4ccccc4)C3)CC2)cc1. The van der Waals surface area contributed by atoms with Crippen LogP contribution in [0.15, 0.2) is 54.6 Å². The molecule has 6 nitrogen and oxygen atoms in total. The van der Waals surface area contributed by atoms with E-state index in [-0.39, 0.29) is 23.9 Å². The minimum atomic E-state index is -0.157. The molecule has 2 aromatic rings. The van der Waals surface area contributed by atoms with Crippen LogP contribution < -0.4 is 20.7 Å². The third kappa shape index (κ3) is 5.81. The van der Waals surface area contributed by atoms with Gasteiger partial charge in [0.15, 0.2) is 0 Å². The van der Waals surface area contributed by atoms with Gasteiger partial charge in [0.1, 0.15) is 5.75 Å². The Morgan fingerprint density at radius 3 is 2.22 bits per heavy atom. The summed E-state index contributed by atoms with van der Waals surface area (Å²) in [5, 5.41) is 9.20. The first kappa shape index (κ1) is 22.2. The van der Waals surface area contributed by atoms with Gasteiger partial charge in [0.25, 0.3) is 0 Å². The summed E-state index contributed by atoms with van der Waals surface area (Å²) >= 11 is 0. The number of hydrogen-bond acceptors (Lipinski definition) is 3. The summed E-state index contributed by atoms with van der Waals surface area (Å²) in [5.41, 5.74) is 2.39. The highest BCUT2D eigenvalue weighted by molar-refractivity contribution is 5.79. The number of urea groups is 1. The first-order valence-electron chi connectivity index (χ1n) is 11.6. The van der Waals surface area contributed by atoms with Crippen LogP contribution in [-0.2, 0) is 11.3 Å². The number of rotatable bonds is 7. The Kier molecular flexibility index (Phi) is 7.30. The lowest BCUT2D eigenvalue weighted by Gasteiger charge is -2.37. The average molecular weight is 436 g/mol. The van der Waals surface area contributed by atoms with E-state index >= 15 is 0 Å². The highest BCUT2D eigenvalue weighted by Crippen LogP contribution is 2.37. The van der Waals surface area contributed by atoms with E-state index in [1.807, 2.05) is 30.3 Å². The van der Waals surface area contributed by atoms with Crippen LogP contribution in [0.3, 0.4) is 0 Å². The van der Waals surface area contributed by atoms with Gasteiger partial charge in [0.2, 0.25) is 5.91 Å². The van der Waals surface area contributed by atoms with Gasteiger partial charge in [-0.2, -0.15) is 0 Å². The predicted molar refractivity (Wildman–Crippen MR) is 124 cm³/mol. The van der Waals surface area contributed by atoms with Crippen molar-refractivity contribution in [3.8, 4) is 5.75 Å². The van der Waals surface area contributed by atoms with Gasteiger partial charge < -0.3 is 20.7 Å². The molecule has 0 radical (unpaired) electrons. The molecule has 0 unspecified atom stereocenters. The molecule has 2 aromatic carbocycles. The number of nitrogens with one attached hydrogen (secondary N) is 3. The smallest absolute Gasteiger partial charge is 0.315 e. The van der Waals surface area contributed by atoms with E-state index in [1.165, 1.54) is 5.56 Å². The summed E-state index contributed by atoms with van der Waals surface area (Å²) in [4.78, 5) is 24.9. The average Bonchev–Trinajstić information content (AvgIpc) is 2.81. The van der Waals surface area contributed by atoms with Crippen molar-refractivity contribution in [2.75, 3.05) is 7.11 Å². The number of benzene rings is 2. The van der Waals surface area contributed by atoms with Gasteiger partial charge >= 0.3 is 6.03 Å². The highest BCUT2D eigenvalue weighted by atomic mass is 16.5. The molecule has 32 heavy (non-hydrogen) atoms. The van der Waals surface area contributed by atoms with Gasteiger partial charge in [-0.15, -0.1) is 0 Å². The van der Waals surface area contributed by atoms with Crippen LogP contribution in [0.2, 0.25) is 0 Å². The number of hydrogen-bond donors (Lipinski definition) is 3. The molecule has 0 heterocycles. The standard InChI is InChI=1S/C26H33N3O3/c1-32-24-13-7-18(8-14-24)17-27-26(31)29-22-11-9-20(10-12-22)25(30)28-23-15-21(16-23)19-5-3-2-4-6-19/h2-8,13-14,20-23H,9-12,15-17H2,1H3,(H,28,30)(H2,27,29,31)/t20?,21-,22?,23-. The van der Waals surface area contributed by atoms with E-state index in [0.29, 0.717) is 18.5 Å². The lowest BCUT2D eigenvalue weighted by atomic mass is 9.75. The van der Waals surface area contributed by atoms with Crippen molar-refractivity contribution in [2.24, 2.45) is 5.92 Å². The number of amides is 3. The Bertz CT molecular complexity index is 886. The molecule has 3 amide bonds.